The molecule has 0 spiro atoms. The highest BCUT2D eigenvalue weighted by Gasteiger charge is 2.10. The minimum Gasteiger partial charge on any atom is -0.399 e. The number of nitrogens with one attached hydrogen (secondary N) is 1. The molecule has 1 aromatic carbocycles. The molecule has 2 aromatic heterocycles. The van der Waals surface area contributed by atoms with Crippen LogP contribution in [0.1, 0.15) is 0 Å². The van der Waals surface area contributed by atoms with E-state index in [4.69, 9.17) is 10.3 Å². The molecule has 19 heavy (non-hydrogen) atoms. The molecular weight excluding hydrogens is 244 g/mol. The van der Waals surface area contributed by atoms with Crippen LogP contribution in [0.3, 0.4) is 0 Å². The van der Waals surface area contributed by atoms with Crippen molar-refractivity contribution in [3.05, 3.63) is 52.9 Å². The third-order valence-electron chi connectivity index (χ3n) is 2.62. The van der Waals surface area contributed by atoms with Gasteiger partial charge in [-0.3, -0.25) is 4.79 Å². The Labute approximate surface area is 107 Å². The van der Waals surface area contributed by atoms with Gasteiger partial charge in [-0.15, -0.1) is 0 Å². The van der Waals surface area contributed by atoms with E-state index in [1.807, 2.05) is 12.1 Å². The monoisotopic (exact) mass is 254 g/mol. The molecule has 0 saturated carbocycles. The molecule has 0 aliphatic carbocycles. The summed E-state index contributed by atoms with van der Waals surface area (Å²) in [6.45, 7) is 0. The minimum atomic E-state index is -0.218. The summed E-state index contributed by atoms with van der Waals surface area (Å²) >= 11 is 0. The van der Waals surface area contributed by atoms with Gasteiger partial charge in [-0.2, -0.15) is 4.98 Å². The van der Waals surface area contributed by atoms with E-state index >= 15 is 0 Å². The lowest BCUT2D eigenvalue weighted by molar-refractivity contribution is 0.432. The fraction of sp³-hybridized carbons (Fsp3) is 0. The van der Waals surface area contributed by atoms with Gasteiger partial charge in [0.1, 0.15) is 0 Å². The molecule has 2 heterocycles. The van der Waals surface area contributed by atoms with Crippen LogP contribution in [0.25, 0.3) is 22.8 Å². The average molecular weight is 254 g/mol. The first-order chi connectivity index (χ1) is 9.22. The molecule has 0 unspecified atom stereocenters. The van der Waals surface area contributed by atoms with Gasteiger partial charge in [0, 0.05) is 29.1 Å². The number of rotatable bonds is 2. The third-order valence-corrected chi connectivity index (χ3v) is 2.62. The van der Waals surface area contributed by atoms with Crippen molar-refractivity contribution in [1.29, 1.82) is 0 Å². The highest BCUT2D eigenvalue weighted by atomic mass is 16.5. The number of anilines is 1. The van der Waals surface area contributed by atoms with Crippen LogP contribution in [0.15, 0.2) is 51.9 Å². The van der Waals surface area contributed by atoms with Crippen LogP contribution in [-0.2, 0) is 0 Å². The van der Waals surface area contributed by atoms with E-state index in [1.54, 1.807) is 18.2 Å². The van der Waals surface area contributed by atoms with Crippen LogP contribution in [-0.4, -0.2) is 15.1 Å². The van der Waals surface area contributed by atoms with E-state index in [1.165, 1.54) is 12.3 Å². The predicted octanol–water partition coefficient (Wildman–Crippen LogP) is 1.67. The van der Waals surface area contributed by atoms with Gasteiger partial charge < -0.3 is 15.2 Å². The van der Waals surface area contributed by atoms with E-state index in [0.29, 0.717) is 23.0 Å². The first-order valence-corrected chi connectivity index (χ1v) is 5.61. The molecule has 3 aromatic rings. The van der Waals surface area contributed by atoms with Crippen LogP contribution in [0.2, 0.25) is 0 Å². The van der Waals surface area contributed by atoms with Gasteiger partial charge in [0.25, 0.3) is 5.89 Å². The second kappa shape index (κ2) is 4.41. The Bertz CT molecular complexity index is 759. The van der Waals surface area contributed by atoms with E-state index in [0.717, 1.165) is 5.56 Å². The lowest BCUT2D eigenvalue weighted by Gasteiger charge is -1.94. The zero-order valence-electron chi connectivity index (χ0n) is 9.83. The number of aromatic nitrogens is 3. The number of nitrogens with zero attached hydrogens (tertiary/aromatic N) is 2. The molecule has 6 nitrogen and oxygen atoms in total. The van der Waals surface area contributed by atoms with E-state index in [9.17, 15) is 4.79 Å². The van der Waals surface area contributed by atoms with Crippen molar-refractivity contribution in [3.8, 4) is 22.8 Å². The first kappa shape index (κ1) is 11.2. The number of nitrogen functional groups attached to an aromatic ring is 1. The maximum Gasteiger partial charge on any atom is 0.258 e. The predicted molar refractivity (Wildman–Crippen MR) is 70.2 cm³/mol. The molecule has 0 saturated heterocycles. The largest absolute Gasteiger partial charge is 0.399 e. The summed E-state index contributed by atoms with van der Waals surface area (Å²) in [7, 11) is 0. The summed E-state index contributed by atoms with van der Waals surface area (Å²) in [5.74, 6) is 0.758. The normalized spacial score (nSPS) is 10.5. The van der Waals surface area contributed by atoms with E-state index in [-0.39, 0.29) is 5.56 Å². The number of pyridine rings is 1. The summed E-state index contributed by atoms with van der Waals surface area (Å²) in [6, 6.07) is 10.2. The van der Waals surface area contributed by atoms with Gasteiger partial charge in [-0.1, -0.05) is 5.16 Å². The lowest BCUT2D eigenvalue weighted by atomic mass is 10.2. The number of nitrogens with two attached hydrogens (primary N) is 1. The number of hydrogen-bond acceptors (Lipinski definition) is 5. The Morgan fingerprint density at radius 1 is 1.11 bits per heavy atom. The van der Waals surface area contributed by atoms with Crippen molar-refractivity contribution in [3.63, 3.8) is 0 Å². The SMILES string of the molecule is Nc1ccc(-c2noc(-c3cc[nH]c(=O)c3)n2)cc1. The molecule has 3 rings (SSSR count). The van der Waals surface area contributed by atoms with Crippen LogP contribution >= 0.6 is 0 Å². The summed E-state index contributed by atoms with van der Waals surface area (Å²) in [4.78, 5) is 18.0. The molecule has 0 atom stereocenters. The molecule has 0 fully saturated rings. The zero-order chi connectivity index (χ0) is 13.2. The summed E-state index contributed by atoms with van der Waals surface area (Å²) in [5, 5.41) is 3.88. The van der Waals surface area contributed by atoms with Crippen LogP contribution in [0, 0.1) is 0 Å². The second-order valence-electron chi connectivity index (χ2n) is 3.99. The van der Waals surface area contributed by atoms with Crippen molar-refractivity contribution in [2.24, 2.45) is 0 Å². The van der Waals surface area contributed by atoms with Crippen molar-refractivity contribution in [2.75, 3.05) is 5.73 Å². The van der Waals surface area contributed by atoms with Crippen molar-refractivity contribution in [1.82, 2.24) is 15.1 Å². The highest BCUT2D eigenvalue weighted by Crippen LogP contribution is 2.21. The average Bonchev–Trinajstić information content (AvgIpc) is 2.89. The molecule has 0 radical (unpaired) electrons. The third kappa shape index (κ3) is 2.23. The second-order valence-corrected chi connectivity index (χ2v) is 3.99. The number of hydrogen-bond donors (Lipinski definition) is 2. The Morgan fingerprint density at radius 3 is 2.63 bits per heavy atom. The summed E-state index contributed by atoms with van der Waals surface area (Å²) in [5.41, 5.74) is 7.45. The van der Waals surface area contributed by atoms with Gasteiger partial charge in [0.05, 0.1) is 0 Å². The molecule has 0 amide bonds. The van der Waals surface area contributed by atoms with E-state index < -0.39 is 0 Å². The lowest BCUT2D eigenvalue weighted by Crippen LogP contribution is -2.01. The molecule has 0 aliphatic rings. The van der Waals surface area contributed by atoms with Gasteiger partial charge in [0.15, 0.2) is 0 Å². The van der Waals surface area contributed by atoms with E-state index in [2.05, 4.69) is 15.1 Å². The van der Waals surface area contributed by atoms with Gasteiger partial charge in [-0.05, 0) is 30.3 Å². The zero-order valence-corrected chi connectivity index (χ0v) is 9.83. The summed E-state index contributed by atoms with van der Waals surface area (Å²) in [6.07, 6.45) is 1.53. The topological polar surface area (TPSA) is 97.8 Å². The standard InChI is InChI=1S/C13H10N4O2/c14-10-3-1-8(2-4-10)12-16-13(19-17-12)9-5-6-15-11(18)7-9/h1-7H,14H2,(H,15,18). The van der Waals surface area contributed by atoms with Crippen molar-refractivity contribution < 1.29 is 4.52 Å². The quantitative estimate of drug-likeness (QED) is 0.678. The Hall–Kier alpha value is -2.89. The van der Waals surface area contributed by atoms with Crippen LogP contribution in [0.4, 0.5) is 5.69 Å². The smallest absolute Gasteiger partial charge is 0.258 e. The molecule has 0 aliphatic heterocycles. The Kier molecular flexibility index (Phi) is 2.60. The van der Waals surface area contributed by atoms with Crippen LogP contribution in [0.5, 0.6) is 0 Å². The van der Waals surface area contributed by atoms with Crippen molar-refractivity contribution >= 4 is 5.69 Å². The van der Waals surface area contributed by atoms with Gasteiger partial charge in [-0.25, -0.2) is 0 Å². The molecule has 94 valence electrons. The number of aromatic amines is 1. The minimum absolute atomic E-state index is 0.218. The van der Waals surface area contributed by atoms with Crippen LogP contribution < -0.4 is 11.3 Å². The molecular formula is C13H10N4O2. The van der Waals surface area contributed by atoms with Gasteiger partial charge >= 0.3 is 0 Å². The Balaban J connectivity index is 1.99. The summed E-state index contributed by atoms with van der Waals surface area (Å²) < 4.78 is 5.15. The number of benzene rings is 1. The first-order valence-electron chi connectivity index (χ1n) is 5.61. The molecule has 6 heteroatoms. The van der Waals surface area contributed by atoms with Crippen molar-refractivity contribution in [2.45, 2.75) is 0 Å². The fourth-order valence-corrected chi connectivity index (χ4v) is 1.67. The molecule has 3 N–H and O–H groups in total. The fourth-order valence-electron chi connectivity index (χ4n) is 1.67. The maximum absolute atomic E-state index is 11.2. The molecule has 0 bridgehead atoms. The highest BCUT2D eigenvalue weighted by molar-refractivity contribution is 5.61. The number of H-pyrrole nitrogens is 1. The Morgan fingerprint density at radius 2 is 1.89 bits per heavy atom. The maximum atomic E-state index is 11.2. The van der Waals surface area contributed by atoms with Gasteiger partial charge in [0.2, 0.25) is 11.4 Å².